The number of nitrogens with two attached hydrogens (primary N) is 1. The average Bonchev–Trinajstić information content (AvgIpc) is 3.46. The molecule has 1 aromatic heterocycles. The molecule has 2 aromatic carbocycles. The van der Waals surface area contributed by atoms with Crippen LogP contribution in [0.15, 0.2) is 42.6 Å². The first-order valence-electron chi connectivity index (χ1n) is 11.9. The normalized spacial score (nSPS) is 20.7. The van der Waals surface area contributed by atoms with Crippen molar-refractivity contribution in [3.8, 4) is 28.3 Å². The van der Waals surface area contributed by atoms with Gasteiger partial charge in [-0.2, -0.15) is 0 Å². The van der Waals surface area contributed by atoms with Gasteiger partial charge in [0.15, 0.2) is 5.82 Å². The third kappa shape index (κ3) is 3.67. The van der Waals surface area contributed by atoms with Crippen LogP contribution in [0.4, 0.5) is 15.8 Å². The predicted octanol–water partition coefficient (Wildman–Crippen LogP) is 2.82. The summed E-state index contributed by atoms with van der Waals surface area (Å²) in [6, 6.07) is 11.6. The molecule has 0 saturated carbocycles. The van der Waals surface area contributed by atoms with Gasteiger partial charge in [0.25, 0.3) is 5.91 Å². The molecule has 0 unspecified atom stereocenters. The quantitative estimate of drug-likeness (QED) is 0.567. The molecule has 3 saturated heterocycles. The lowest BCUT2D eigenvalue weighted by Crippen LogP contribution is -2.44. The van der Waals surface area contributed by atoms with Crippen molar-refractivity contribution in [2.45, 2.75) is 24.9 Å². The largest absolute Gasteiger partial charge is 0.496 e. The molecule has 2 atom stereocenters. The number of halogens is 1. The van der Waals surface area contributed by atoms with Crippen LogP contribution in [-0.2, 0) is 0 Å². The van der Waals surface area contributed by atoms with Gasteiger partial charge in [-0.1, -0.05) is 12.1 Å². The van der Waals surface area contributed by atoms with Gasteiger partial charge in [-0.15, -0.1) is 0 Å². The summed E-state index contributed by atoms with van der Waals surface area (Å²) in [5.74, 6) is -0.886. The second-order valence-electron chi connectivity index (χ2n) is 9.33. The van der Waals surface area contributed by atoms with Crippen molar-refractivity contribution in [2.24, 2.45) is 5.73 Å². The molecule has 3 N–H and O–H groups in total. The number of amides is 1. The van der Waals surface area contributed by atoms with E-state index in [2.05, 4.69) is 37.2 Å². The number of carbonyl (C=O) groups excluding carboxylic acids is 1. The number of carbonyl (C=O) groups is 1. The van der Waals surface area contributed by atoms with E-state index in [0.717, 1.165) is 43.9 Å². The number of hydrogen-bond donors (Lipinski definition) is 2. The van der Waals surface area contributed by atoms with Crippen LogP contribution in [0.5, 0.6) is 5.75 Å². The summed E-state index contributed by atoms with van der Waals surface area (Å²) >= 11 is 0. The topological polar surface area (TPSA) is 96.6 Å². The monoisotopic (exact) mass is 474 g/mol. The Balaban J connectivity index is 1.49. The minimum absolute atomic E-state index is 0.0562. The molecule has 0 radical (unpaired) electrons. The third-order valence-corrected chi connectivity index (χ3v) is 7.30. The van der Waals surface area contributed by atoms with Crippen molar-refractivity contribution >= 4 is 17.3 Å². The maximum Gasteiger partial charge on any atom is 0.268 e. The standard InChI is InChI=1S/C26H27FN6O2/c1-35-22-5-2-4-20(27)23(22)26-30-13-19(24(31-26)25(28)34)18-7-6-16(32-8-3-9-32)11-21(18)33-14-15-10-17(33)12-29-15/h2,4-7,11,13,15,17,29H,3,8-10,12,14H2,1H3,(H2,28,34)/t15-,17-/m0/s1. The van der Waals surface area contributed by atoms with Gasteiger partial charge < -0.3 is 25.6 Å². The highest BCUT2D eigenvalue weighted by molar-refractivity contribution is 6.00. The molecule has 1 amide bonds. The van der Waals surface area contributed by atoms with Gasteiger partial charge in [0, 0.05) is 67.0 Å². The zero-order chi connectivity index (χ0) is 24.1. The molecule has 35 heavy (non-hydrogen) atoms. The Labute approximate surface area is 202 Å². The molecule has 3 aromatic rings. The molecule has 3 aliphatic rings. The van der Waals surface area contributed by atoms with E-state index in [4.69, 9.17) is 10.5 Å². The number of piperazine rings is 1. The van der Waals surface area contributed by atoms with Gasteiger partial charge in [-0.05, 0) is 37.1 Å². The van der Waals surface area contributed by atoms with Crippen molar-refractivity contribution in [1.29, 1.82) is 0 Å². The Morgan fingerprint density at radius 2 is 2.09 bits per heavy atom. The van der Waals surface area contributed by atoms with Gasteiger partial charge in [-0.3, -0.25) is 4.79 Å². The van der Waals surface area contributed by atoms with E-state index in [1.807, 2.05) is 6.07 Å². The van der Waals surface area contributed by atoms with Crippen LogP contribution in [-0.4, -0.2) is 61.2 Å². The summed E-state index contributed by atoms with van der Waals surface area (Å²) in [5.41, 5.74) is 9.55. The average molecular weight is 475 g/mol. The summed E-state index contributed by atoms with van der Waals surface area (Å²) in [6.45, 7) is 3.92. The maximum absolute atomic E-state index is 14.7. The number of nitrogens with one attached hydrogen (secondary N) is 1. The molecule has 9 heteroatoms. The summed E-state index contributed by atoms with van der Waals surface area (Å²) in [4.78, 5) is 26.2. The third-order valence-electron chi connectivity index (χ3n) is 7.30. The smallest absolute Gasteiger partial charge is 0.268 e. The molecule has 0 aliphatic carbocycles. The van der Waals surface area contributed by atoms with Crippen LogP contribution in [0.25, 0.3) is 22.5 Å². The molecular formula is C26H27FN6O2. The van der Waals surface area contributed by atoms with E-state index in [1.54, 1.807) is 18.3 Å². The van der Waals surface area contributed by atoms with Crippen LogP contribution >= 0.6 is 0 Å². The fourth-order valence-corrected chi connectivity index (χ4v) is 5.39. The van der Waals surface area contributed by atoms with Crippen LogP contribution in [0, 0.1) is 5.82 Å². The molecule has 6 rings (SSSR count). The molecular weight excluding hydrogens is 447 g/mol. The lowest BCUT2D eigenvalue weighted by molar-refractivity contribution is 0.0996. The van der Waals surface area contributed by atoms with Crippen molar-refractivity contribution in [3.63, 3.8) is 0 Å². The van der Waals surface area contributed by atoms with Gasteiger partial charge >= 0.3 is 0 Å². The molecule has 4 heterocycles. The summed E-state index contributed by atoms with van der Waals surface area (Å²) < 4.78 is 20.0. The van der Waals surface area contributed by atoms with E-state index in [0.29, 0.717) is 17.6 Å². The highest BCUT2D eigenvalue weighted by Crippen LogP contribution is 2.41. The zero-order valence-corrected chi connectivity index (χ0v) is 19.5. The summed E-state index contributed by atoms with van der Waals surface area (Å²) in [5, 5.41) is 3.55. The summed E-state index contributed by atoms with van der Waals surface area (Å²) in [7, 11) is 1.45. The van der Waals surface area contributed by atoms with Crippen molar-refractivity contribution in [1.82, 2.24) is 15.3 Å². The molecule has 8 nitrogen and oxygen atoms in total. The lowest BCUT2D eigenvalue weighted by Gasteiger charge is -2.36. The van der Waals surface area contributed by atoms with Gasteiger partial charge in [-0.25, -0.2) is 14.4 Å². The number of nitrogens with zero attached hydrogens (tertiary/aromatic N) is 4. The minimum atomic E-state index is -0.693. The van der Waals surface area contributed by atoms with E-state index in [9.17, 15) is 9.18 Å². The Morgan fingerprint density at radius 1 is 1.23 bits per heavy atom. The zero-order valence-electron chi connectivity index (χ0n) is 19.5. The number of aromatic nitrogens is 2. The van der Waals surface area contributed by atoms with Crippen molar-refractivity contribution in [3.05, 3.63) is 54.1 Å². The van der Waals surface area contributed by atoms with Crippen LogP contribution < -0.4 is 25.6 Å². The predicted molar refractivity (Wildman–Crippen MR) is 132 cm³/mol. The Kier molecular flexibility index (Phi) is 5.29. The molecule has 0 spiro atoms. The minimum Gasteiger partial charge on any atom is -0.496 e. The maximum atomic E-state index is 14.7. The van der Waals surface area contributed by atoms with Crippen molar-refractivity contribution in [2.75, 3.05) is 43.1 Å². The molecule has 3 fully saturated rings. The molecule has 180 valence electrons. The number of benzene rings is 2. The number of anilines is 2. The van der Waals surface area contributed by atoms with E-state index in [-0.39, 0.29) is 22.8 Å². The van der Waals surface area contributed by atoms with Gasteiger partial charge in [0.05, 0.1) is 12.7 Å². The Bertz CT molecular complexity index is 1310. The first-order chi connectivity index (χ1) is 17.0. The highest BCUT2D eigenvalue weighted by Gasteiger charge is 2.39. The highest BCUT2D eigenvalue weighted by atomic mass is 19.1. The fraction of sp³-hybridized carbons (Fsp3) is 0.346. The summed E-state index contributed by atoms with van der Waals surface area (Å²) in [6.07, 6.45) is 3.86. The van der Waals surface area contributed by atoms with E-state index in [1.165, 1.54) is 25.3 Å². The first kappa shape index (κ1) is 21.8. The van der Waals surface area contributed by atoms with Gasteiger partial charge in [0.1, 0.15) is 17.3 Å². The SMILES string of the molecule is COc1cccc(F)c1-c1ncc(-c2ccc(N3CCC3)cc2N2C[C@@H]3C[C@H]2CN3)c(C(N)=O)n1. The fourth-order valence-electron chi connectivity index (χ4n) is 5.39. The molecule has 3 aliphatic heterocycles. The van der Waals surface area contributed by atoms with Crippen molar-refractivity contribution < 1.29 is 13.9 Å². The number of ether oxygens (including phenoxy) is 1. The van der Waals surface area contributed by atoms with Crippen LogP contribution in [0.3, 0.4) is 0 Å². The number of primary amides is 1. The van der Waals surface area contributed by atoms with E-state index >= 15 is 0 Å². The lowest BCUT2D eigenvalue weighted by atomic mass is 9.99. The van der Waals surface area contributed by atoms with Gasteiger partial charge in [0.2, 0.25) is 0 Å². The second kappa shape index (κ2) is 8.49. The van der Waals surface area contributed by atoms with Crippen LogP contribution in [0.1, 0.15) is 23.3 Å². The van der Waals surface area contributed by atoms with Crippen LogP contribution in [0.2, 0.25) is 0 Å². The number of rotatable bonds is 6. The second-order valence-corrected chi connectivity index (χ2v) is 9.33. The molecule has 2 bridgehead atoms. The van der Waals surface area contributed by atoms with E-state index < -0.39 is 11.7 Å². The Morgan fingerprint density at radius 3 is 2.74 bits per heavy atom. The number of fused-ring (bicyclic) bond motifs is 2. The number of methoxy groups -OCH3 is 1. The first-order valence-corrected chi connectivity index (χ1v) is 11.9. The Hall–Kier alpha value is -3.72. The number of hydrogen-bond acceptors (Lipinski definition) is 7.